The molecule has 0 aliphatic heterocycles. The fraction of sp³-hybridized carbons (Fsp3) is 0.190. The Kier molecular flexibility index (Phi) is 6.33. The fourth-order valence-electron chi connectivity index (χ4n) is 2.59. The molecule has 1 heterocycles. The molecular formula is C21H17ClO3S2. The highest BCUT2D eigenvalue weighted by Crippen LogP contribution is 2.24. The molecule has 0 spiro atoms. The van der Waals surface area contributed by atoms with Crippen LogP contribution in [-0.4, -0.2) is 16.6 Å². The molecule has 6 heteroatoms. The van der Waals surface area contributed by atoms with Crippen LogP contribution in [0.15, 0.2) is 51.5 Å². The van der Waals surface area contributed by atoms with Crippen LogP contribution in [0.5, 0.6) is 5.75 Å². The lowest BCUT2D eigenvalue weighted by Gasteiger charge is -2.04. The Morgan fingerprint density at radius 2 is 1.81 bits per heavy atom. The van der Waals surface area contributed by atoms with Gasteiger partial charge in [0.15, 0.2) is 5.43 Å². The van der Waals surface area contributed by atoms with Crippen molar-refractivity contribution in [2.45, 2.75) is 18.1 Å². The maximum atomic E-state index is 12.5. The van der Waals surface area contributed by atoms with Crippen LogP contribution in [0.4, 0.5) is 0 Å². The molecule has 0 amide bonds. The standard InChI is InChI=1S/C21H17ClO3S2/c1-14-9-15(2)11-17(10-14)25-7-3-4-8-27(24)21-13-19(23)18-6-5-16(22)12-20(18)26-21/h5-6,9-13H,7-8H2,1-2H3. The van der Waals surface area contributed by atoms with Gasteiger partial charge in [0.25, 0.3) is 0 Å². The topological polar surface area (TPSA) is 43.4 Å². The van der Waals surface area contributed by atoms with Crippen LogP contribution in [0.2, 0.25) is 5.02 Å². The van der Waals surface area contributed by atoms with Gasteiger partial charge in [0.05, 0.1) is 20.8 Å². The van der Waals surface area contributed by atoms with Crippen molar-refractivity contribution in [3.63, 3.8) is 0 Å². The van der Waals surface area contributed by atoms with Gasteiger partial charge in [-0.3, -0.25) is 9.00 Å². The van der Waals surface area contributed by atoms with E-state index in [4.69, 9.17) is 16.3 Å². The Hall–Kier alpha value is -2.13. The third-order valence-electron chi connectivity index (χ3n) is 3.73. The minimum absolute atomic E-state index is 0.151. The molecule has 0 fully saturated rings. The highest BCUT2D eigenvalue weighted by molar-refractivity contribution is 7.87. The highest BCUT2D eigenvalue weighted by Gasteiger charge is 2.08. The van der Waals surface area contributed by atoms with Gasteiger partial charge in [0.1, 0.15) is 12.4 Å². The van der Waals surface area contributed by atoms with Gasteiger partial charge < -0.3 is 4.74 Å². The summed E-state index contributed by atoms with van der Waals surface area (Å²) in [7, 11) is -1.37. The van der Waals surface area contributed by atoms with Gasteiger partial charge in [0.2, 0.25) is 0 Å². The molecule has 1 unspecified atom stereocenters. The Morgan fingerprint density at radius 3 is 2.56 bits per heavy atom. The van der Waals surface area contributed by atoms with E-state index in [2.05, 4.69) is 17.9 Å². The highest BCUT2D eigenvalue weighted by atomic mass is 35.5. The van der Waals surface area contributed by atoms with Gasteiger partial charge >= 0.3 is 0 Å². The quantitative estimate of drug-likeness (QED) is 0.578. The molecule has 0 N–H and O–H groups in total. The summed E-state index contributed by atoms with van der Waals surface area (Å²) < 4.78 is 19.3. The van der Waals surface area contributed by atoms with E-state index in [0.717, 1.165) is 21.6 Å². The molecule has 0 saturated carbocycles. The van der Waals surface area contributed by atoms with E-state index in [1.54, 1.807) is 18.2 Å². The van der Waals surface area contributed by atoms with Crippen molar-refractivity contribution in [1.82, 2.24) is 0 Å². The predicted octanol–water partition coefficient (Wildman–Crippen LogP) is 4.72. The van der Waals surface area contributed by atoms with E-state index in [1.807, 2.05) is 26.0 Å². The maximum absolute atomic E-state index is 12.5. The third-order valence-corrected chi connectivity index (χ3v) is 6.62. The van der Waals surface area contributed by atoms with Crippen molar-refractivity contribution in [1.29, 1.82) is 0 Å². The smallest absolute Gasteiger partial charge is 0.189 e. The maximum Gasteiger partial charge on any atom is 0.189 e. The number of benzene rings is 2. The molecule has 0 aliphatic carbocycles. The van der Waals surface area contributed by atoms with E-state index in [-0.39, 0.29) is 17.8 Å². The van der Waals surface area contributed by atoms with Crippen molar-refractivity contribution < 1.29 is 8.95 Å². The van der Waals surface area contributed by atoms with E-state index >= 15 is 0 Å². The summed E-state index contributed by atoms with van der Waals surface area (Å²) in [6.07, 6.45) is 0. The molecule has 2 aromatic carbocycles. The number of aryl methyl sites for hydroxylation is 2. The number of hydrogen-bond donors (Lipinski definition) is 0. The number of halogens is 1. The first kappa shape index (κ1) is 19.6. The van der Waals surface area contributed by atoms with Crippen LogP contribution >= 0.6 is 22.9 Å². The van der Waals surface area contributed by atoms with Crippen LogP contribution in [0.25, 0.3) is 10.1 Å². The fourth-order valence-corrected chi connectivity index (χ4v) is 5.11. The summed E-state index contributed by atoms with van der Waals surface area (Å²) in [5.41, 5.74) is 2.10. The zero-order chi connectivity index (χ0) is 19.4. The van der Waals surface area contributed by atoms with Crippen molar-refractivity contribution in [3.8, 4) is 17.6 Å². The van der Waals surface area contributed by atoms with Crippen molar-refractivity contribution in [2.24, 2.45) is 0 Å². The SMILES string of the molecule is Cc1cc(C)cc(OCC#CCS(=O)c2cc(=O)c3ccc(Cl)cc3s2)c1. The van der Waals surface area contributed by atoms with Gasteiger partial charge in [-0.25, -0.2) is 0 Å². The molecule has 1 atom stereocenters. The second-order valence-electron chi connectivity index (χ2n) is 6.03. The minimum Gasteiger partial charge on any atom is -0.481 e. The molecule has 1 aromatic heterocycles. The van der Waals surface area contributed by atoms with Crippen molar-refractivity contribution in [3.05, 3.63) is 68.8 Å². The molecule has 3 nitrogen and oxygen atoms in total. The van der Waals surface area contributed by atoms with Gasteiger partial charge in [-0.15, -0.1) is 11.3 Å². The monoisotopic (exact) mass is 416 g/mol. The van der Waals surface area contributed by atoms with E-state index in [1.165, 1.54) is 17.4 Å². The van der Waals surface area contributed by atoms with Crippen LogP contribution in [0.1, 0.15) is 11.1 Å². The normalized spacial score (nSPS) is 11.7. The van der Waals surface area contributed by atoms with Gasteiger partial charge in [-0.1, -0.05) is 29.5 Å². The largest absolute Gasteiger partial charge is 0.481 e. The number of rotatable bonds is 4. The predicted molar refractivity (Wildman–Crippen MR) is 114 cm³/mol. The second kappa shape index (κ2) is 8.71. The van der Waals surface area contributed by atoms with Crippen LogP contribution in [0.3, 0.4) is 0 Å². The van der Waals surface area contributed by atoms with E-state index in [0.29, 0.717) is 14.6 Å². The first-order chi connectivity index (χ1) is 12.9. The Labute approximate surface area is 169 Å². The third kappa shape index (κ3) is 5.20. The number of fused-ring (bicyclic) bond motifs is 1. The van der Waals surface area contributed by atoms with Gasteiger partial charge in [0, 0.05) is 21.2 Å². The molecule has 27 heavy (non-hydrogen) atoms. The zero-order valence-electron chi connectivity index (χ0n) is 14.9. The number of hydrogen-bond acceptors (Lipinski definition) is 4. The van der Waals surface area contributed by atoms with Gasteiger partial charge in [-0.2, -0.15) is 0 Å². The Morgan fingerprint density at radius 1 is 1.07 bits per heavy atom. The second-order valence-corrected chi connectivity index (χ2v) is 9.22. The Bertz CT molecular complexity index is 1120. The average Bonchev–Trinajstić information content (AvgIpc) is 2.60. The Balaban J connectivity index is 1.65. The van der Waals surface area contributed by atoms with Crippen LogP contribution < -0.4 is 10.2 Å². The zero-order valence-corrected chi connectivity index (χ0v) is 17.3. The molecule has 0 bridgehead atoms. The first-order valence-electron chi connectivity index (χ1n) is 8.21. The molecule has 3 rings (SSSR count). The van der Waals surface area contributed by atoms with Crippen LogP contribution in [-0.2, 0) is 10.8 Å². The lowest BCUT2D eigenvalue weighted by Crippen LogP contribution is -2.03. The molecule has 138 valence electrons. The summed E-state index contributed by atoms with van der Waals surface area (Å²) in [5, 5.41) is 1.13. The average molecular weight is 417 g/mol. The van der Waals surface area contributed by atoms with E-state index in [9.17, 15) is 9.00 Å². The molecule has 0 aliphatic rings. The van der Waals surface area contributed by atoms with Crippen LogP contribution in [0, 0.1) is 25.7 Å². The summed E-state index contributed by atoms with van der Waals surface area (Å²) in [6.45, 7) is 4.25. The lowest BCUT2D eigenvalue weighted by atomic mass is 10.1. The molecular weight excluding hydrogens is 400 g/mol. The van der Waals surface area contributed by atoms with Gasteiger partial charge in [-0.05, 0) is 55.3 Å². The molecule has 0 saturated heterocycles. The lowest BCUT2D eigenvalue weighted by molar-refractivity contribution is 0.369. The minimum atomic E-state index is -1.37. The van der Waals surface area contributed by atoms with E-state index < -0.39 is 10.8 Å². The first-order valence-corrected chi connectivity index (χ1v) is 10.7. The summed E-state index contributed by atoms with van der Waals surface area (Å²) >= 11 is 7.29. The van der Waals surface area contributed by atoms with Crippen molar-refractivity contribution in [2.75, 3.05) is 12.4 Å². The van der Waals surface area contributed by atoms with Crippen molar-refractivity contribution >= 4 is 43.8 Å². The molecule has 3 aromatic rings. The molecule has 0 radical (unpaired) electrons. The summed E-state index contributed by atoms with van der Waals surface area (Å²) in [6, 6.07) is 12.5. The summed E-state index contributed by atoms with van der Waals surface area (Å²) in [5.74, 6) is 6.66. The summed E-state index contributed by atoms with van der Waals surface area (Å²) in [4.78, 5) is 12.2. The number of ether oxygens (including phenoxy) is 1.